The molecule has 0 heterocycles. The minimum Gasteiger partial charge on any atom is -0.497 e. The van der Waals surface area contributed by atoms with E-state index < -0.39 is 0 Å². The number of rotatable bonds is 4. The maximum absolute atomic E-state index is 11.6. The second-order valence-electron chi connectivity index (χ2n) is 5.63. The molecule has 0 atom stereocenters. The van der Waals surface area contributed by atoms with Gasteiger partial charge < -0.3 is 10.1 Å². The van der Waals surface area contributed by atoms with Crippen LogP contribution in [0.4, 0.5) is 0 Å². The molecule has 3 nitrogen and oxygen atoms in total. The van der Waals surface area contributed by atoms with Crippen molar-refractivity contribution >= 4 is 11.5 Å². The minimum atomic E-state index is 0.212. The van der Waals surface area contributed by atoms with Gasteiger partial charge >= 0.3 is 0 Å². The molecule has 1 N–H and O–H groups in total. The lowest BCUT2D eigenvalue weighted by Crippen LogP contribution is -2.25. The van der Waals surface area contributed by atoms with Crippen LogP contribution in [0.3, 0.4) is 0 Å². The van der Waals surface area contributed by atoms with Gasteiger partial charge in [0.1, 0.15) is 5.75 Å². The van der Waals surface area contributed by atoms with Gasteiger partial charge in [0.05, 0.1) is 7.11 Å². The average Bonchev–Trinajstić information content (AvgIpc) is 3.31. The Labute approximate surface area is 120 Å². The molecule has 1 amide bonds. The number of amides is 1. The summed E-state index contributed by atoms with van der Waals surface area (Å²) in [4.78, 5) is 11.6. The molecule has 20 heavy (non-hydrogen) atoms. The Morgan fingerprint density at radius 3 is 3.00 bits per heavy atom. The summed E-state index contributed by atoms with van der Waals surface area (Å²) in [6.07, 6.45) is 7.68. The highest BCUT2D eigenvalue weighted by atomic mass is 16.5. The number of benzene rings is 1. The Bertz CT molecular complexity index is 544. The Kier molecular flexibility index (Phi) is 3.77. The predicted molar refractivity (Wildman–Crippen MR) is 79.6 cm³/mol. The van der Waals surface area contributed by atoms with E-state index in [9.17, 15) is 4.79 Å². The van der Waals surface area contributed by atoms with Crippen LogP contribution < -0.4 is 10.1 Å². The largest absolute Gasteiger partial charge is 0.497 e. The summed E-state index contributed by atoms with van der Waals surface area (Å²) < 4.78 is 5.31. The van der Waals surface area contributed by atoms with Crippen molar-refractivity contribution in [2.75, 3.05) is 13.7 Å². The van der Waals surface area contributed by atoms with E-state index in [1.54, 1.807) is 7.11 Å². The van der Waals surface area contributed by atoms with E-state index in [1.807, 2.05) is 6.07 Å². The van der Waals surface area contributed by atoms with Gasteiger partial charge in [0.2, 0.25) is 5.91 Å². The topological polar surface area (TPSA) is 38.3 Å². The van der Waals surface area contributed by atoms with Gasteiger partial charge in [-0.15, -0.1) is 0 Å². The molecule has 0 bridgehead atoms. The van der Waals surface area contributed by atoms with Gasteiger partial charge in [0.15, 0.2) is 0 Å². The van der Waals surface area contributed by atoms with Crippen LogP contribution in [0.5, 0.6) is 5.75 Å². The zero-order valence-electron chi connectivity index (χ0n) is 11.9. The number of carbonyl (C=O) groups excluding carboxylic acids is 1. The quantitative estimate of drug-likeness (QED) is 0.914. The van der Waals surface area contributed by atoms with Gasteiger partial charge in [-0.05, 0) is 60.9 Å². The molecule has 3 heteroatoms. The standard InChI is InChI=1S/C17H21NO2/c1-20-15-8-7-12-3-2-4-13(16(12)11-15)9-10-18-17(19)14-5-6-14/h7-9,11,14H,2-6,10H2,1H3,(H,18,19). The Hall–Kier alpha value is -1.77. The molecule has 1 saturated carbocycles. The summed E-state index contributed by atoms with van der Waals surface area (Å²) in [6.45, 7) is 0.640. The molecular weight excluding hydrogens is 250 g/mol. The number of hydrogen-bond acceptors (Lipinski definition) is 2. The lowest BCUT2D eigenvalue weighted by atomic mass is 9.87. The van der Waals surface area contributed by atoms with Crippen LogP contribution in [-0.2, 0) is 11.2 Å². The van der Waals surface area contributed by atoms with Crippen LogP contribution in [-0.4, -0.2) is 19.6 Å². The number of hydrogen-bond donors (Lipinski definition) is 1. The number of methoxy groups -OCH3 is 1. The molecular formula is C17H21NO2. The third-order valence-corrected chi connectivity index (χ3v) is 4.13. The third kappa shape index (κ3) is 2.87. The third-order valence-electron chi connectivity index (χ3n) is 4.13. The van der Waals surface area contributed by atoms with Crippen molar-refractivity contribution in [3.8, 4) is 5.75 Å². The van der Waals surface area contributed by atoms with Crippen LogP contribution in [0.25, 0.3) is 5.57 Å². The molecule has 2 aliphatic rings. The first-order valence-electron chi connectivity index (χ1n) is 7.42. The van der Waals surface area contributed by atoms with E-state index in [1.165, 1.54) is 23.1 Å². The number of aryl methyl sites for hydroxylation is 1. The van der Waals surface area contributed by atoms with Crippen molar-refractivity contribution in [2.45, 2.75) is 32.1 Å². The fourth-order valence-electron chi connectivity index (χ4n) is 2.78. The highest BCUT2D eigenvalue weighted by Gasteiger charge is 2.28. The Morgan fingerprint density at radius 2 is 2.25 bits per heavy atom. The first-order valence-corrected chi connectivity index (χ1v) is 7.42. The molecule has 1 aromatic rings. The van der Waals surface area contributed by atoms with Gasteiger partial charge in [-0.3, -0.25) is 4.79 Å². The summed E-state index contributed by atoms with van der Waals surface area (Å²) in [5.41, 5.74) is 4.01. The molecule has 0 radical (unpaired) electrons. The van der Waals surface area contributed by atoms with Crippen LogP contribution in [0.1, 0.15) is 36.8 Å². The SMILES string of the molecule is COc1ccc2c(c1)C(=CCNC(=O)C1CC1)CCC2. The van der Waals surface area contributed by atoms with E-state index in [4.69, 9.17) is 4.74 Å². The van der Waals surface area contributed by atoms with Crippen LogP contribution in [0.2, 0.25) is 0 Å². The normalized spacial score (nSPS) is 19.6. The van der Waals surface area contributed by atoms with Gasteiger partial charge in [-0.2, -0.15) is 0 Å². The molecule has 1 aromatic carbocycles. The molecule has 3 rings (SSSR count). The fraction of sp³-hybridized carbons (Fsp3) is 0.471. The first kappa shape index (κ1) is 13.2. The molecule has 0 aromatic heterocycles. The van der Waals surface area contributed by atoms with Crippen molar-refractivity contribution in [3.05, 3.63) is 35.4 Å². The van der Waals surface area contributed by atoms with Gasteiger partial charge in [0, 0.05) is 12.5 Å². The monoisotopic (exact) mass is 271 g/mol. The Balaban J connectivity index is 1.72. The van der Waals surface area contributed by atoms with Gasteiger partial charge in [0.25, 0.3) is 0 Å². The minimum absolute atomic E-state index is 0.212. The average molecular weight is 271 g/mol. The van der Waals surface area contributed by atoms with Crippen LogP contribution in [0.15, 0.2) is 24.3 Å². The number of fused-ring (bicyclic) bond motifs is 1. The first-order chi connectivity index (χ1) is 9.78. The molecule has 0 spiro atoms. The van der Waals surface area contributed by atoms with E-state index >= 15 is 0 Å². The molecule has 0 aliphatic heterocycles. The van der Waals surface area contributed by atoms with E-state index in [-0.39, 0.29) is 11.8 Å². The van der Waals surface area contributed by atoms with E-state index in [0.29, 0.717) is 6.54 Å². The smallest absolute Gasteiger partial charge is 0.223 e. The van der Waals surface area contributed by atoms with Crippen molar-refractivity contribution < 1.29 is 9.53 Å². The van der Waals surface area contributed by atoms with Crippen LogP contribution >= 0.6 is 0 Å². The van der Waals surface area contributed by atoms with Crippen molar-refractivity contribution in [1.29, 1.82) is 0 Å². The van der Waals surface area contributed by atoms with Crippen LogP contribution in [0, 0.1) is 5.92 Å². The van der Waals surface area contributed by atoms with Crippen molar-refractivity contribution in [2.24, 2.45) is 5.92 Å². The highest BCUT2D eigenvalue weighted by molar-refractivity contribution is 5.81. The van der Waals surface area contributed by atoms with E-state index in [0.717, 1.165) is 31.4 Å². The number of ether oxygens (including phenoxy) is 1. The van der Waals surface area contributed by atoms with Gasteiger partial charge in [-0.25, -0.2) is 0 Å². The summed E-state index contributed by atoms with van der Waals surface area (Å²) in [6, 6.07) is 6.30. The predicted octanol–water partition coefficient (Wildman–Crippen LogP) is 2.94. The second kappa shape index (κ2) is 5.70. The summed E-state index contributed by atoms with van der Waals surface area (Å²) in [7, 11) is 1.70. The zero-order valence-corrected chi connectivity index (χ0v) is 11.9. The summed E-state index contributed by atoms with van der Waals surface area (Å²) in [5, 5.41) is 3.00. The number of nitrogens with one attached hydrogen (secondary N) is 1. The zero-order chi connectivity index (χ0) is 13.9. The molecule has 0 unspecified atom stereocenters. The van der Waals surface area contributed by atoms with Crippen molar-refractivity contribution in [3.63, 3.8) is 0 Å². The fourth-order valence-corrected chi connectivity index (χ4v) is 2.78. The van der Waals surface area contributed by atoms with E-state index in [2.05, 4.69) is 23.5 Å². The van der Waals surface area contributed by atoms with Crippen molar-refractivity contribution in [1.82, 2.24) is 5.32 Å². The lowest BCUT2D eigenvalue weighted by molar-refractivity contribution is -0.122. The Morgan fingerprint density at radius 1 is 1.40 bits per heavy atom. The summed E-state index contributed by atoms with van der Waals surface area (Å²) in [5.74, 6) is 1.40. The number of allylic oxidation sites excluding steroid dienone is 1. The molecule has 2 aliphatic carbocycles. The maximum atomic E-state index is 11.6. The number of carbonyl (C=O) groups is 1. The molecule has 0 saturated heterocycles. The molecule has 106 valence electrons. The maximum Gasteiger partial charge on any atom is 0.223 e. The second-order valence-corrected chi connectivity index (χ2v) is 5.63. The van der Waals surface area contributed by atoms with Gasteiger partial charge in [-0.1, -0.05) is 12.1 Å². The lowest BCUT2D eigenvalue weighted by Gasteiger charge is -2.20. The molecule has 1 fully saturated rings. The highest BCUT2D eigenvalue weighted by Crippen LogP contribution is 2.33. The summed E-state index contributed by atoms with van der Waals surface area (Å²) >= 11 is 0.